The predicted molar refractivity (Wildman–Crippen MR) is 100 cm³/mol. The molecular weight excluding hydrogens is 332 g/mol. The number of rotatable bonds is 7. The minimum atomic E-state index is -0.102. The van der Waals surface area contributed by atoms with E-state index in [-0.39, 0.29) is 18.6 Å². The molecule has 0 radical (unpaired) electrons. The third-order valence-electron chi connectivity index (χ3n) is 4.20. The van der Waals surface area contributed by atoms with Gasteiger partial charge in [-0.05, 0) is 30.8 Å². The fourth-order valence-electron chi connectivity index (χ4n) is 2.85. The molecule has 1 N–H and O–H groups in total. The van der Waals surface area contributed by atoms with Crippen molar-refractivity contribution in [2.45, 2.75) is 13.0 Å². The van der Waals surface area contributed by atoms with Crippen molar-refractivity contribution in [3.8, 4) is 17.2 Å². The number of hydrogen-bond donors (Lipinski definition) is 1. The van der Waals surface area contributed by atoms with Gasteiger partial charge < -0.3 is 19.5 Å². The summed E-state index contributed by atoms with van der Waals surface area (Å²) < 4.78 is 16.9. The molecule has 0 spiro atoms. The Bertz CT molecular complexity index is 750. The van der Waals surface area contributed by atoms with Crippen LogP contribution in [-0.2, 0) is 4.79 Å². The highest BCUT2D eigenvalue weighted by Crippen LogP contribution is 2.31. The van der Waals surface area contributed by atoms with E-state index in [1.165, 1.54) is 0 Å². The molecule has 2 aromatic carbocycles. The third kappa shape index (κ3) is 4.67. The quantitative estimate of drug-likeness (QED) is 0.827. The van der Waals surface area contributed by atoms with Crippen molar-refractivity contribution in [3.05, 3.63) is 48.5 Å². The monoisotopic (exact) mass is 356 g/mol. The highest BCUT2D eigenvalue weighted by atomic mass is 16.6. The van der Waals surface area contributed by atoms with Gasteiger partial charge >= 0.3 is 0 Å². The number of ether oxygens (including phenoxy) is 3. The number of anilines is 1. The molecule has 0 aromatic heterocycles. The highest BCUT2D eigenvalue weighted by molar-refractivity contribution is 5.92. The van der Waals surface area contributed by atoms with E-state index in [0.29, 0.717) is 18.9 Å². The Balaban J connectivity index is 1.53. The first-order valence-corrected chi connectivity index (χ1v) is 8.72. The van der Waals surface area contributed by atoms with Crippen molar-refractivity contribution >= 4 is 11.6 Å². The smallest absolute Gasteiger partial charge is 0.238 e. The van der Waals surface area contributed by atoms with Gasteiger partial charge in [0.05, 0.1) is 13.7 Å². The van der Waals surface area contributed by atoms with E-state index in [2.05, 4.69) is 5.32 Å². The Hall–Kier alpha value is -2.73. The molecule has 26 heavy (non-hydrogen) atoms. The number of carbonyl (C=O) groups is 1. The van der Waals surface area contributed by atoms with Crippen molar-refractivity contribution in [2.24, 2.45) is 0 Å². The Morgan fingerprint density at radius 2 is 2.04 bits per heavy atom. The van der Waals surface area contributed by atoms with Crippen LogP contribution in [0.5, 0.6) is 17.2 Å². The maximum Gasteiger partial charge on any atom is 0.238 e. The Kier molecular flexibility index (Phi) is 5.96. The van der Waals surface area contributed by atoms with Crippen LogP contribution in [0.25, 0.3) is 0 Å². The summed E-state index contributed by atoms with van der Waals surface area (Å²) in [4.78, 5) is 14.4. The minimum absolute atomic E-state index is 0.0720. The van der Waals surface area contributed by atoms with E-state index >= 15 is 0 Å². The van der Waals surface area contributed by atoms with Crippen LogP contribution in [0.4, 0.5) is 5.69 Å². The number of likely N-dealkylation sites (N-methyl/N-ethyl adjacent to an activating group) is 1. The molecule has 1 aliphatic rings. The second kappa shape index (κ2) is 8.58. The summed E-state index contributed by atoms with van der Waals surface area (Å²) in [7, 11) is 1.60. The summed E-state index contributed by atoms with van der Waals surface area (Å²) in [6.07, 6.45) is -0.102. The summed E-state index contributed by atoms with van der Waals surface area (Å²) in [6, 6.07) is 14.9. The van der Waals surface area contributed by atoms with Crippen molar-refractivity contribution < 1.29 is 19.0 Å². The van der Waals surface area contributed by atoms with Gasteiger partial charge in [0.15, 0.2) is 11.5 Å². The number of carbonyl (C=O) groups excluding carboxylic acids is 1. The number of benzene rings is 2. The van der Waals surface area contributed by atoms with E-state index < -0.39 is 0 Å². The Morgan fingerprint density at radius 1 is 1.23 bits per heavy atom. The van der Waals surface area contributed by atoms with Gasteiger partial charge in [0.25, 0.3) is 0 Å². The number of amides is 1. The van der Waals surface area contributed by atoms with Crippen LogP contribution in [-0.4, -0.2) is 50.3 Å². The molecule has 1 aliphatic heterocycles. The first-order chi connectivity index (χ1) is 12.7. The van der Waals surface area contributed by atoms with Crippen molar-refractivity contribution in [1.82, 2.24) is 4.90 Å². The fraction of sp³-hybridized carbons (Fsp3) is 0.350. The maximum absolute atomic E-state index is 12.4. The van der Waals surface area contributed by atoms with Gasteiger partial charge in [0, 0.05) is 18.3 Å². The predicted octanol–water partition coefficient (Wildman–Crippen LogP) is 2.80. The molecule has 3 rings (SSSR count). The van der Waals surface area contributed by atoms with E-state index in [4.69, 9.17) is 14.2 Å². The number of hydrogen-bond acceptors (Lipinski definition) is 5. The van der Waals surface area contributed by atoms with Gasteiger partial charge in [-0.2, -0.15) is 0 Å². The minimum Gasteiger partial charge on any atom is -0.497 e. The van der Waals surface area contributed by atoms with Crippen LogP contribution in [0.15, 0.2) is 48.5 Å². The summed E-state index contributed by atoms with van der Waals surface area (Å²) in [5, 5.41) is 2.90. The Morgan fingerprint density at radius 3 is 2.81 bits per heavy atom. The Labute approximate surface area is 153 Å². The zero-order valence-corrected chi connectivity index (χ0v) is 15.1. The second-order valence-corrected chi connectivity index (χ2v) is 6.11. The SMILES string of the molecule is CCN(CC(=O)Nc1cccc(OC)c1)CC1COc2ccccc2O1. The number of nitrogens with zero attached hydrogens (tertiary/aromatic N) is 1. The van der Waals surface area contributed by atoms with Crippen LogP contribution in [0, 0.1) is 0 Å². The molecule has 1 amide bonds. The van der Waals surface area contributed by atoms with Crippen LogP contribution in [0.1, 0.15) is 6.92 Å². The lowest BCUT2D eigenvalue weighted by Gasteiger charge is -2.30. The van der Waals surface area contributed by atoms with E-state index in [9.17, 15) is 4.79 Å². The average molecular weight is 356 g/mol. The molecule has 0 fully saturated rings. The molecule has 0 bridgehead atoms. The maximum atomic E-state index is 12.4. The lowest BCUT2D eigenvalue weighted by molar-refractivity contribution is -0.117. The zero-order valence-electron chi connectivity index (χ0n) is 15.1. The summed E-state index contributed by atoms with van der Waals surface area (Å²) in [5.41, 5.74) is 0.719. The molecule has 6 nitrogen and oxygen atoms in total. The van der Waals surface area contributed by atoms with Crippen LogP contribution < -0.4 is 19.5 Å². The molecule has 1 atom stereocenters. The first-order valence-electron chi connectivity index (χ1n) is 8.72. The molecular formula is C20H24N2O4. The molecule has 1 unspecified atom stereocenters. The van der Waals surface area contributed by atoms with Crippen molar-refractivity contribution in [2.75, 3.05) is 38.7 Å². The van der Waals surface area contributed by atoms with Crippen LogP contribution >= 0.6 is 0 Å². The lowest BCUT2D eigenvalue weighted by atomic mass is 10.2. The van der Waals surface area contributed by atoms with Crippen LogP contribution in [0.3, 0.4) is 0 Å². The number of para-hydroxylation sites is 2. The second-order valence-electron chi connectivity index (χ2n) is 6.11. The number of nitrogens with one attached hydrogen (secondary N) is 1. The molecule has 0 aliphatic carbocycles. The fourth-order valence-corrected chi connectivity index (χ4v) is 2.85. The molecule has 138 valence electrons. The molecule has 2 aromatic rings. The van der Waals surface area contributed by atoms with Gasteiger partial charge in [-0.15, -0.1) is 0 Å². The normalized spacial score (nSPS) is 15.6. The van der Waals surface area contributed by atoms with Gasteiger partial charge in [-0.25, -0.2) is 0 Å². The number of methoxy groups -OCH3 is 1. The van der Waals surface area contributed by atoms with Gasteiger partial charge in [-0.1, -0.05) is 25.1 Å². The average Bonchev–Trinajstić information content (AvgIpc) is 2.67. The van der Waals surface area contributed by atoms with Crippen LogP contribution in [0.2, 0.25) is 0 Å². The zero-order chi connectivity index (χ0) is 18.4. The van der Waals surface area contributed by atoms with E-state index in [0.717, 1.165) is 23.7 Å². The van der Waals surface area contributed by atoms with Crippen molar-refractivity contribution in [1.29, 1.82) is 0 Å². The summed E-state index contributed by atoms with van der Waals surface area (Å²) in [6.45, 7) is 4.15. The highest BCUT2D eigenvalue weighted by Gasteiger charge is 2.23. The largest absolute Gasteiger partial charge is 0.497 e. The molecule has 0 saturated carbocycles. The van der Waals surface area contributed by atoms with E-state index in [1.807, 2.05) is 54.3 Å². The molecule has 0 saturated heterocycles. The number of fused-ring (bicyclic) bond motifs is 1. The molecule has 6 heteroatoms. The van der Waals surface area contributed by atoms with Gasteiger partial charge in [0.2, 0.25) is 5.91 Å². The molecule has 1 heterocycles. The van der Waals surface area contributed by atoms with Gasteiger partial charge in [0.1, 0.15) is 18.5 Å². The van der Waals surface area contributed by atoms with Gasteiger partial charge in [-0.3, -0.25) is 9.69 Å². The first kappa shape index (κ1) is 18.1. The summed E-state index contributed by atoms with van der Waals surface area (Å²) in [5.74, 6) is 2.15. The van der Waals surface area contributed by atoms with E-state index in [1.54, 1.807) is 13.2 Å². The lowest BCUT2D eigenvalue weighted by Crippen LogP contribution is -2.43. The standard InChI is InChI=1S/C20H24N2O4/c1-3-22(12-17-14-25-18-9-4-5-10-19(18)26-17)13-20(23)21-15-7-6-8-16(11-15)24-2/h4-11,17H,3,12-14H2,1-2H3,(H,21,23). The summed E-state index contributed by atoms with van der Waals surface area (Å²) >= 11 is 0. The van der Waals surface area contributed by atoms with Crippen molar-refractivity contribution in [3.63, 3.8) is 0 Å². The third-order valence-corrected chi connectivity index (χ3v) is 4.20. The topological polar surface area (TPSA) is 60.0 Å².